The molecule has 10 heteroatoms. The van der Waals surface area contributed by atoms with Crippen LogP contribution in [0, 0.1) is 0 Å². The molecule has 2 N–H and O–H groups in total. The molecule has 0 unspecified atom stereocenters. The number of halogens is 4. The van der Waals surface area contributed by atoms with Crippen LogP contribution in [0.3, 0.4) is 0 Å². The first kappa shape index (κ1) is 15.1. The molecule has 112 valence electrons. The van der Waals surface area contributed by atoms with E-state index in [9.17, 15) is 22.8 Å². The maximum Gasteiger partial charge on any atom is 0.440 e. The summed E-state index contributed by atoms with van der Waals surface area (Å²) in [5.41, 5.74) is -3.11. The highest BCUT2D eigenvalue weighted by atomic mass is 35.5. The molecule has 0 atom stereocenters. The minimum atomic E-state index is -4.71. The number of anilines is 1. The first-order chi connectivity index (χ1) is 9.70. The minimum absolute atomic E-state index is 0.132. The summed E-state index contributed by atoms with van der Waals surface area (Å²) in [6.45, 7) is 0. The lowest BCUT2D eigenvalue weighted by molar-refractivity contribution is -0.741. The van der Waals surface area contributed by atoms with E-state index in [0.29, 0.717) is 6.07 Å². The van der Waals surface area contributed by atoms with Crippen LogP contribution in [0.1, 0.15) is 16.1 Å². The number of aromatic amines is 1. The highest BCUT2D eigenvalue weighted by molar-refractivity contribution is 6.30. The van der Waals surface area contributed by atoms with Gasteiger partial charge in [-0.15, -0.1) is 0 Å². The van der Waals surface area contributed by atoms with Crippen LogP contribution in [0.4, 0.5) is 18.9 Å². The number of alkyl halides is 3. The summed E-state index contributed by atoms with van der Waals surface area (Å²) in [5.74, 6) is -1.04. The molecule has 2 aromatic rings. The van der Waals surface area contributed by atoms with Crippen molar-refractivity contribution in [3.05, 3.63) is 44.9 Å². The van der Waals surface area contributed by atoms with Gasteiger partial charge in [0.05, 0.1) is 11.3 Å². The Kier molecular flexibility index (Phi) is 3.77. The van der Waals surface area contributed by atoms with Crippen LogP contribution >= 0.6 is 11.6 Å². The van der Waals surface area contributed by atoms with Gasteiger partial charge in [0.25, 0.3) is 0 Å². The molecule has 1 heterocycles. The van der Waals surface area contributed by atoms with Gasteiger partial charge in [0, 0.05) is 5.02 Å². The lowest BCUT2D eigenvalue weighted by Gasteiger charge is -2.12. The minimum Gasteiger partial charge on any atom is -0.316 e. The standard InChI is InChI=1S/C11H7ClF3N3O3/c1-18-8(10(20)21-17-18)9(19)16-7-3-2-5(12)4-6(7)11(13,14)15/h2-4H,1H3,(H-,16,17,19,20)/p+1. The van der Waals surface area contributed by atoms with Crippen molar-refractivity contribution in [1.29, 1.82) is 0 Å². The fourth-order valence-electron chi connectivity index (χ4n) is 1.63. The van der Waals surface area contributed by atoms with Crippen molar-refractivity contribution in [3.63, 3.8) is 0 Å². The molecular weight excluding hydrogens is 315 g/mol. The topological polar surface area (TPSA) is 79.0 Å². The number of aryl methyl sites for hydroxylation is 1. The van der Waals surface area contributed by atoms with Gasteiger partial charge in [0.2, 0.25) is 0 Å². The number of nitrogens with one attached hydrogen (secondary N) is 2. The van der Waals surface area contributed by atoms with E-state index in [2.05, 4.69) is 9.79 Å². The van der Waals surface area contributed by atoms with Crippen molar-refractivity contribution >= 4 is 23.2 Å². The molecule has 0 aliphatic rings. The maximum atomic E-state index is 12.9. The van der Waals surface area contributed by atoms with E-state index in [0.717, 1.165) is 10.7 Å². The Morgan fingerprint density at radius 3 is 2.62 bits per heavy atom. The van der Waals surface area contributed by atoms with Crippen molar-refractivity contribution < 1.29 is 27.2 Å². The van der Waals surface area contributed by atoms with Crippen LogP contribution in [0.15, 0.2) is 27.5 Å². The molecule has 0 spiro atoms. The third kappa shape index (κ3) is 3.07. The van der Waals surface area contributed by atoms with E-state index < -0.39 is 34.7 Å². The van der Waals surface area contributed by atoms with Crippen molar-refractivity contribution in [2.75, 3.05) is 5.32 Å². The summed E-state index contributed by atoms with van der Waals surface area (Å²) in [7, 11) is 1.30. The fourth-order valence-corrected chi connectivity index (χ4v) is 1.80. The number of carbonyl (C=O) groups is 1. The SMILES string of the molecule is C[n+]1[nH]oc(=O)c1C(=O)Nc1ccc(Cl)cc1C(F)(F)F. The van der Waals surface area contributed by atoms with Crippen LogP contribution in [-0.2, 0) is 13.2 Å². The smallest absolute Gasteiger partial charge is 0.316 e. The number of hydrogen-bond donors (Lipinski definition) is 2. The molecule has 0 aliphatic heterocycles. The Balaban J connectivity index is 2.41. The molecule has 0 fully saturated rings. The lowest BCUT2D eigenvalue weighted by atomic mass is 10.1. The Morgan fingerprint density at radius 1 is 1.43 bits per heavy atom. The summed E-state index contributed by atoms with van der Waals surface area (Å²) in [5, 5.41) is 3.96. The summed E-state index contributed by atoms with van der Waals surface area (Å²) >= 11 is 5.52. The van der Waals surface area contributed by atoms with E-state index in [1.807, 2.05) is 5.32 Å². The zero-order valence-electron chi connectivity index (χ0n) is 10.4. The number of amides is 1. The Labute approximate surface area is 120 Å². The van der Waals surface area contributed by atoms with Crippen LogP contribution in [0.25, 0.3) is 0 Å². The molecule has 1 aromatic heterocycles. The van der Waals surface area contributed by atoms with Gasteiger partial charge in [-0.1, -0.05) is 16.3 Å². The maximum absolute atomic E-state index is 12.9. The third-order valence-corrected chi connectivity index (χ3v) is 2.79. The van der Waals surface area contributed by atoms with Crippen molar-refractivity contribution in [1.82, 2.24) is 5.27 Å². The average molecular weight is 323 g/mol. The average Bonchev–Trinajstić information content (AvgIpc) is 2.70. The summed E-state index contributed by atoms with van der Waals surface area (Å²) < 4.78 is 43.9. The van der Waals surface area contributed by atoms with Crippen molar-refractivity contribution in [3.8, 4) is 0 Å². The number of carbonyl (C=O) groups excluding carboxylic acids is 1. The van der Waals surface area contributed by atoms with Gasteiger partial charge in [-0.05, 0) is 23.5 Å². The molecule has 0 bridgehead atoms. The Hall–Kier alpha value is -2.29. The highest BCUT2D eigenvalue weighted by Crippen LogP contribution is 2.36. The van der Waals surface area contributed by atoms with E-state index in [4.69, 9.17) is 11.6 Å². The van der Waals surface area contributed by atoms with Crippen molar-refractivity contribution in [2.45, 2.75) is 6.18 Å². The van der Waals surface area contributed by atoms with Crippen LogP contribution in [0.5, 0.6) is 0 Å². The molecule has 2 rings (SSSR count). The molecule has 0 aliphatic carbocycles. The number of nitrogens with zero attached hydrogens (tertiary/aromatic N) is 1. The van der Waals surface area contributed by atoms with Gasteiger partial charge < -0.3 is 5.32 Å². The summed E-state index contributed by atoms with van der Waals surface area (Å²) in [6, 6.07) is 2.86. The zero-order valence-corrected chi connectivity index (χ0v) is 11.2. The quantitative estimate of drug-likeness (QED) is 0.826. The predicted molar refractivity (Wildman–Crippen MR) is 64.9 cm³/mol. The largest absolute Gasteiger partial charge is 0.440 e. The lowest BCUT2D eigenvalue weighted by Crippen LogP contribution is -2.41. The van der Waals surface area contributed by atoms with Gasteiger partial charge in [0.1, 0.15) is 0 Å². The molecule has 0 radical (unpaired) electrons. The molecule has 1 aromatic carbocycles. The fraction of sp³-hybridized carbons (Fsp3) is 0.182. The van der Waals surface area contributed by atoms with Crippen LogP contribution in [0.2, 0.25) is 5.02 Å². The number of benzene rings is 1. The van der Waals surface area contributed by atoms with Crippen LogP contribution < -0.4 is 15.6 Å². The second-order valence-corrected chi connectivity index (χ2v) is 4.47. The second-order valence-electron chi connectivity index (χ2n) is 4.03. The van der Waals surface area contributed by atoms with Gasteiger partial charge in [-0.3, -0.25) is 9.32 Å². The Morgan fingerprint density at radius 2 is 2.10 bits per heavy atom. The van der Waals surface area contributed by atoms with Gasteiger partial charge in [-0.2, -0.15) is 13.2 Å². The molecular formula is C11H8ClF3N3O3+. The van der Waals surface area contributed by atoms with Crippen LogP contribution in [-0.4, -0.2) is 11.2 Å². The highest BCUT2D eigenvalue weighted by Gasteiger charge is 2.35. The number of rotatable bonds is 2. The Bertz CT molecular complexity index is 751. The second kappa shape index (κ2) is 5.24. The molecule has 21 heavy (non-hydrogen) atoms. The van der Waals surface area contributed by atoms with Crippen molar-refractivity contribution in [2.24, 2.45) is 7.05 Å². The first-order valence-corrected chi connectivity index (χ1v) is 5.83. The number of H-pyrrole nitrogens is 1. The first-order valence-electron chi connectivity index (χ1n) is 5.45. The van der Waals surface area contributed by atoms with E-state index in [-0.39, 0.29) is 5.02 Å². The normalized spacial score (nSPS) is 11.5. The van der Waals surface area contributed by atoms with E-state index in [1.165, 1.54) is 13.1 Å². The molecule has 0 saturated carbocycles. The number of aromatic nitrogens is 2. The molecule has 1 amide bonds. The summed E-state index contributed by atoms with van der Waals surface area (Å²) in [6.07, 6.45) is -4.71. The number of hydrogen-bond acceptors (Lipinski definition) is 3. The van der Waals surface area contributed by atoms with E-state index in [1.54, 1.807) is 0 Å². The molecule has 6 nitrogen and oxygen atoms in total. The summed E-state index contributed by atoms with van der Waals surface area (Å²) in [4.78, 5) is 23.2. The zero-order chi connectivity index (χ0) is 15.8. The molecule has 0 saturated heterocycles. The predicted octanol–water partition coefficient (Wildman–Crippen LogP) is 1.72. The van der Waals surface area contributed by atoms with E-state index >= 15 is 0 Å². The monoisotopic (exact) mass is 322 g/mol. The van der Waals surface area contributed by atoms with Gasteiger partial charge in [-0.25, -0.2) is 4.79 Å². The third-order valence-electron chi connectivity index (χ3n) is 2.55. The van der Waals surface area contributed by atoms with Gasteiger partial charge in [0.15, 0.2) is 7.05 Å². The van der Waals surface area contributed by atoms with Gasteiger partial charge >= 0.3 is 23.4 Å².